The molecule has 0 fully saturated rings. The summed E-state index contributed by atoms with van der Waals surface area (Å²) in [7, 11) is 0. The molecule has 8 nitrogen and oxygen atoms in total. The molecule has 32 heavy (non-hydrogen) atoms. The number of hydrogen-bond donors (Lipinski definition) is 1. The Labute approximate surface area is 184 Å². The SMILES string of the molecule is CC(OC(=O)/C=C/c1ccc([N+](=O)[O-])cc1)C(=O)Nc1nc(-c2ccc(F)c(F)c2)cs1. The molecular weight excluding hydrogens is 444 g/mol. The normalized spacial score (nSPS) is 11.8. The highest BCUT2D eigenvalue weighted by Crippen LogP contribution is 2.26. The van der Waals surface area contributed by atoms with Gasteiger partial charge in [-0.1, -0.05) is 0 Å². The van der Waals surface area contributed by atoms with Crippen molar-refractivity contribution in [1.29, 1.82) is 0 Å². The molecule has 0 spiro atoms. The Morgan fingerprint density at radius 2 is 1.91 bits per heavy atom. The van der Waals surface area contributed by atoms with Crippen molar-refractivity contribution >= 4 is 40.1 Å². The molecular formula is C21H15F2N3O5S. The molecule has 11 heteroatoms. The molecule has 0 aliphatic carbocycles. The van der Waals surface area contributed by atoms with Crippen LogP contribution in [0.25, 0.3) is 17.3 Å². The Kier molecular flexibility index (Phi) is 7.00. The molecule has 0 aliphatic rings. The highest BCUT2D eigenvalue weighted by Gasteiger charge is 2.18. The summed E-state index contributed by atoms with van der Waals surface area (Å²) in [6, 6.07) is 8.86. The number of anilines is 1. The number of benzene rings is 2. The van der Waals surface area contributed by atoms with Crippen LogP contribution < -0.4 is 5.32 Å². The summed E-state index contributed by atoms with van der Waals surface area (Å²) < 4.78 is 31.5. The van der Waals surface area contributed by atoms with Gasteiger partial charge in [0, 0.05) is 29.2 Å². The van der Waals surface area contributed by atoms with Crippen LogP contribution >= 0.6 is 11.3 Å². The summed E-state index contributed by atoms with van der Waals surface area (Å²) in [4.78, 5) is 38.4. The van der Waals surface area contributed by atoms with Gasteiger partial charge < -0.3 is 4.74 Å². The van der Waals surface area contributed by atoms with Crippen LogP contribution in [0.1, 0.15) is 12.5 Å². The van der Waals surface area contributed by atoms with Gasteiger partial charge in [0.2, 0.25) is 0 Å². The first-order chi connectivity index (χ1) is 15.2. The maximum absolute atomic E-state index is 13.4. The number of ether oxygens (including phenoxy) is 1. The number of nitro groups is 1. The molecule has 0 bridgehead atoms. The summed E-state index contributed by atoms with van der Waals surface area (Å²) in [6.45, 7) is 1.37. The minimum Gasteiger partial charge on any atom is -0.449 e. The van der Waals surface area contributed by atoms with E-state index in [-0.39, 0.29) is 10.8 Å². The molecule has 3 rings (SSSR count). The van der Waals surface area contributed by atoms with E-state index in [9.17, 15) is 28.5 Å². The number of rotatable bonds is 7. The number of carbonyl (C=O) groups excluding carboxylic acids is 2. The van der Waals surface area contributed by atoms with Crippen LogP contribution in [0.3, 0.4) is 0 Å². The van der Waals surface area contributed by atoms with Crippen molar-refractivity contribution in [1.82, 2.24) is 4.98 Å². The van der Waals surface area contributed by atoms with Gasteiger partial charge in [-0.3, -0.25) is 20.2 Å². The zero-order valence-corrected chi connectivity index (χ0v) is 17.3. The smallest absolute Gasteiger partial charge is 0.331 e. The third-order valence-corrected chi connectivity index (χ3v) is 4.89. The van der Waals surface area contributed by atoms with Crippen molar-refractivity contribution in [3.8, 4) is 11.3 Å². The maximum atomic E-state index is 13.4. The van der Waals surface area contributed by atoms with Gasteiger partial charge >= 0.3 is 5.97 Å². The second-order valence-corrected chi connectivity index (χ2v) is 7.28. The number of carbonyl (C=O) groups is 2. The lowest BCUT2D eigenvalue weighted by atomic mass is 10.2. The number of thiazole rings is 1. The van der Waals surface area contributed by atoms with Crippen molar-refractivity contribution in [2.24, 2.45) is 0 Å². The van der Waals surface area contributed by atoms with E-state index in [0.717, 1.165) is 29.5 Å². The van der Waals surface area contributed by atoms with Crippen LogP contribution in [0, 0.1) is 21.7 Å². The van der Waals surface area contributed by atoms with Crippen LogP contribution in [0.5, 0.6) is 0 Å². The number of aromatic nitrogens is 1. The molecule has 0 saturated heterocycles. The first kappa shape index (κ1) is 22.7. The zero-order chi connectivity index (χ0) is 23.3. The highest BCUT2D eigenvalue weighted by molar-refractivity contribution is 7.14. The second kappa shape index (κ2) is 9.88. The second-order valence-electron chi connectivity index (χ2n) is 6.42. The predicted molar refractivity (Wildman–Crippen MR) is 114 cm³/mol. The molecule has 1 atom stereocenters. The summed E-state index contributed by atoms with van der Waals surface area (Å²) in [6.07, 6.45) is 1.35. The number of halogens is 2. The van der Waals surface area contributed by atoms with Crippen molar-refractivity contribution in [2.75, 3.05) is 5.32 Å². The fraction of sp³-hybridized carbons (Fsp3) is 0.0952. The van der Waals surface area contributed by atoms with Crippen molar-refractivity contribution < 1.29 is 28.0 Å². The van der Waals surface area contributed by atoms with E-state index in [1.54, 1.807) is 5.38 Å². The maximum Gasteiger partial charge on any atom is 0.331 e. The van der Waals surface area contributed by atoms with E-state index >= 15 is 0 Å². The molecule has 1 aromatic heterocycles. The van der Waals surface area contributed by atoms with E-state index in [1.165, 1.54) is 43.3 Å². The van der Waals surface area contributed by atoms with Crippen molar-refractivity contribution in [3.63, 3.8) is 0 Å². The van der Waals surface area contributed by atoms with Gasteiger partial charge in [0.05, 0.1) is 10.6 Å². The van der Waals surface area contributed by atoms with E-state index in [0.29, 0.717) is 16.8 Å². The average molecular weight is 459 g/mol. The topological polar surface area (TPSA) is 111 Å². The lowest BCUT2D eigenvalue weighted by Crippen LogP contribution is -2.29. The standard InChI is InChI=1S/C21H15F2N3O5S/c1-12(31-19(27)9-4-13-2-6-15(7-3-13)26(29)30)20(28)25-21-24-18(11-32-21)14-5-8-16(22)17(23)10-14/h2-12H,1H3,(H,24,25,28)/b9-4+. The zero-order valence-electron chi connectivity index (χ0n) is 16.5. The summed E-state index contributed by atoms with van der Waals surface area (Å²) in [5.74, 6) is -3.40. The molecule has 1 amide bonds. The van der Waals surface area contributed by atoms with Crippen molar-refractivity contribution in [2.45, 2.75) is 13.0 Å². The summed E-state index contributed by atoms with van der Waals surface area (Å²) in [5, 5.41) is 14.9. The Balaban J connectivity index is 1.55. The number of nitro benzene ring substituents is 1. The Hall–Kier alpha value is -3.99. The minimum absolute atomic E-state index is 0.0788. The lowest BCUT2D eigenvalue weighted by Gasteiger charge is -2.10. The average Bonchev–Trinajstić information content (AvgIpc) is 3.22. The summed E-state index contributed by atoms with van der Waals surface area (Å²) in [5.41, 5.74) is 1.15. The Morgan fingerprint density at radius 3 is 2.56 bits per heavy atom. The molecule has 0 aliphatic heterocycles. The quantitative estimate of drug-likeness (QED) is 0.240. The van der Waals surface area contributed by atoms with Gasteiger partial charge in [-0.05, 0) is 48.9 Å². The third-order valence-electron chi connectivity index (χ3n) is 4.13. The molecule has 3 aromatic rings. The van der Waals surface area contributed by atoms with Crippen LogP contribution in [0.2, 0.25) is 0 Å². The molecule has 0 radical (unpaired) electrons. The van der Waals surface area contributed by atoms with Crippen LogP contribution in [0.15, 0.2) is 53.9 Å². The Morgan fingerprint density at radius 1 is 1.19 bits per heavy atom. The molecule has 164 valence electrons. The molecule has 2 aromatic carbocycles. The van der Waals surface area contributed by atoms with Gasteiger partial charge in [-0.15, -0.1) is 11.3 Å². The number of nitrogens with one attached hydrogen (secondary N) is 1. The van der Waals surface area contributed by atoms with Crippen LogP contribution in [-0.4, -0.2) is 27.9 Å². The number of hydrogen-bond acceptors (Lipinski definition) is 7. The van der Waals surface area contributed by atoms with E-state index in [1.807, 2.05) is 0 Å². The van der Waals surface area contributed by atoms with Crippen LogP contribution in [-0.2, 0) is 14.3 Å². The first-order valence-corrected chi connectivity index (χ1v) is 9.96. The summed E-state index contributed by atoms with van der Waals surface area (Å²) >= 11 is 1.07. The monoisotopic (exact) mass is 459 g/mol. The van der Waals surface area contributed by atoms with E-state index in [4.69, 9.17) is 4.74 Å². The van der Waals surface area contributed by atoms with Gasteiger partial charge in [0.15, 0.2) is 22.9 Å². The Bertz CT molecular complexity index is 1190. The number of amides is 1. The van der Waals surface area contributed by atoms with E-state index < -0.39 is 34.5 Å². The largest absolute Gasteiger partial charge is 0.449 e. The third kappa shape index (κ3) is 5.79. The first-order valence-electron chi connectivity index (χ1n) is 9.08. The number of nitrogens with zero attached hydrogens (tertiary/aromatic N) is 2. The highest BCUT2D eigenvalue weighted by atomic mass is 32.1. The minimum atomic E-state index is -1.14. The number of esters is 1. The van der Waals surface area contributed by atoms with Gasteiger partial charge in [-0.25, -0.2) is 18.6 Å². The van der Waals surface area contributed by atoms with Gasteiger partial charge in [0.25, 0.3) is 11.6 Å². The fourth-order valence-corrected chi connectivity index (χ4v) is 3.19. The molecule has 1 N–H and O–H groups in total. The molecule has 1 unspecified atom stereocenters. The fourth-order valence-electron chi connectivity index (χ4n) is 2.46. The lowest BCUT2D eigenvalue weighted by molar-refractivity contribution is -0.384. The van der Waals surface area contributed by atoms with Crippen LogP contribution in [0.4, 0.5) is 19.6 Å². The molecule has 1 heterocycles. The van der Waals surface area contributed by atoms with Crippen molar-refractivity contribution in [3.05, 3.63) is 81.2 Å². The predicted octanol–water partition coefficient (Wildman–Crippen LogP) is 4.58. The van der Waals surface area contributed by atoms with Gasteiger partial charge in [0.1, 0.15) is 0 Å². The van der Waals surface area contributed by atoms with Gasteiger partial charge in [-0.2, -0.15) is 0 Å². The van der Waals surface area contributed by atoms with E-state index in [2.05, 4.69) is 10.3 Å². The molecule has 0 saturated carbocycles. The number of non-ortho nitro benzene ring substituents is 1.